The number of alkyl halides is 1. The van der Waals surface area contributed by atoms with Crippen LogP contribution in [0.5, 0.6) is 0 Å². The zero-order valence-corrected chi connectivity index (χ0v) is 8.86. The van der Waals surface area contributed by atoms with E-state index in [2.05, 4.69) is 5.32 Å². The Kier molecular flexibility index (Phi) is 3.18. The lowest BCUT2D eigenvalue weighted by Crippen LogP contribution is -2.40. The molecule has 0 spiro atoms. The van der Waals surface area contributed by atoms with E-state index in [1.807, 2.05) is 0 Å². The van der Waals surface area contributed by atoms with Gasteiger partial charge in [0, 0.05) is 6.42 Å². The van der Waals surface area contributed by atoms with Crippen molar-refractivity contribution in [2.75, 3.05) is 11.5 Å². The zero-order chi connectivity index (χ0) is 10.1. The predicted molar refractivity (Wildman–Crippen MR) is 50.5 cm³/mol. The van der Waals surface area contributed by atoms with Gasteiger partial charge in [0.25, 0.3) is 0 Å². The van der Waals surface area contributed by atoms with Crippen LogP contribution < -0.4 is 5.32 Å². The summed E-state index contributed by atoms with van der Waals surface area (Å²) in [5.74, 6) is -0.233. The second-order valence-electron chi connectivity index (χ2n) is 3.12. The van der Waals surface area contributed by atoms with Crippen molar-refractivity contribution in [2.24, 2.45) is 0 Å². The van der Waals surface area contributed by atoms with Crippen LogP contribution in [0.25, 0.3) is 0 Å². The topological polar surface area (TPSA) is 63.2 Å². The number of rotatable bonds is 2. The molecular formula is C7H12ClNO3S. The number of carbonyl (C=O) groups is 1. The summed E-state index contributed by atoms with van der Waals surface area (Å²) in [6, 6.07) is -0.417. The molecular weight excluding hydrogens is 214 g/mol. The summed E-state index contributed by atoms with van der Waals surface area (Å²) in [6.45, 7) is 1.71. The highest BCUT2D eigenvalue weighted by Crippen LogP contribution is 2.17. The third-order valence-electron chi connectivity index (χ3n) is 1.95. The zero-order valence-electron chi connectivity index (χ0n) is 7.29. The van der Waals surface area contributed by atoms with Gasteiger partial charge in [0.2, 0.25) is 5.91 Å². The molecule has 1 heterocycles. The maximum absolute atomic E-state index is 11.1. The Labute approximate surface area is 82.6 Å². The normalized spacial score (nSPS) is 31.5. The van der Waals surface area contributed by atoms with Crippen LogP contribution in [0.15, 0.2) is 0 Å². The Hall–Kier alpha value is -0.290. The van der Waals surface area contributed by atoms with Gasteiger partial charge in [0.1, 0.15) is 0 Å². The van der Waals surface area contributed by atoms with E-state index in [1.54, 1.807) is 6.92 Å². The average molecular weight is 226 g/mol. The lowest BCUT2D eigenvalue weighted by Gasteiger charge is -2.12. The molecule has 0 radical (unpaired) electrons. The minimum Gasteiger partial charge on any atom is -0.351 e. The lowest BCUT2D eigenvalue weighted by molar-refractivity contribution is -0.121. The predicted octanol–water partition coefficient (Wildman–Crippen LogP) is -0.0830. The maximum atomic E-state index is 11.1. The Morgan fingerprint density at radius 1 is 1.54 bits per heavy atom. The van der Waals surface area contributed by atoms with Crippen LogP contribution in [-0.4, -0.2) is 37.2 Å². The molecule has 1 rings (SSSR count). The minimum absolute atomic E-state index is 0.0348. The number of nitrogens with one attached hydrogen (secondary N) is 1. The summed E-state index contributed by atoms with van der Waals surface area (Å²) in [5.41, 5.74) is 0. The van der Waals surface area contributed by atoms with Crippen LogP contribution in [0.4, 0.5) is 0 Å². The molecule has 0 aromatic heterocycles. The van der Waals surface area contributed by atoms with Crippen molar-refractivity contribution in [1.29, 1.82) is 0 Å². The lowest BCUT2D eigenvalue weighted by atomic mass is 10.2. The number of hydrogen-bond acceptors (Lipinski definition) is 3. The fraction of sp³-hybridized carbons (Fsp3) is 0.857. The largest absolute Gasteiger partial charge is 0.351 e. The Bertz CT molecular complexity index is 301. The molecule has 13 heavy (non-hydrogen) atoms. The monoisotopic (exact) mass is 225 g/mol. The molecule has 1 aliphatic rings. The van der Waals surface area contributed by atoms with Crippen LogP contribution in [-0.2, 0) is 14.6 Å². The van der Waals surface area contributed by atoms with Gasteiger partial charge in [0.05, 0.1) is 22.9 Å². The van der Waals surface area contributed by atoms with Crippen molar-refractivity contribution in [1.82, 2.24) is 5.32 Å². The van der Waals surface area contributed by atoms with Gasteiger partial charge in [0.15, 0.2) is 9.84 Å². The molecule has 0 aromatic rings. The van der Waals surface area contributed by atoms with E-state index in [-0.39, 0.29) is 17.4 Å². The summed E-state index contributed by atoms with van der Waals surface area (Å²) >= 11 is 5.77. The first-order valence-corrected chi connectivity index (χ1v) is 6.34. The third-order valence-corrected chi connectivity index (χ3v) is 4.33. The molecule has 0 aromatic carbocycles. The van der Waals surface area contributed by atoms with Crippen LogP contribution in [0.2, 0.25) is 0 Å². The van der Waals surface area contributed by atoms with Crippen molar-refractivity contribution in [2.45, 2.75) is 24.8 Å². The van der Waals surface area contributed by atoms with Gasteiger partial charge in [-0.1, -0.05) is 6.92 Å². The quantitative estimate of drug-likeness (QED) is 0.669. The molecule has 6 heteroatoms. The van der Waals surface area contributed by atoms with Crippen LogP contribution in [0.3, 0.4) is 0 Å². The fourth-order valence-electron chi connectivity index (χ4n) is 1.25. The van der Waals surface area contributed by atoms with Gasteiger partial charge < -0.3 is 5.32 Å². The highest BCUT2D eigenvalue weighted by atomic mass is 35.5. The van der Waals surface area contributed by atoms with E-state index >= 15 is 0 Å². The molecule has 2 atom stereocenters. The van der Waals surface area contributed by atoms with E-state index in [0.717, 1.165) is 0 Å². The second kappa shape index (κ2) is 3.84. The fourth-order valence-corrected chi connectivity index (χ4v) is 3.80. The minimum atomic E-state index is -3.05. The first kappa shape index (κ1) is 10.8. The van der Waals surface area contributed by atoms with Gasteiger partial charge in [-0.05, 0) is 0 Å². The van der Waals surface area contributed by atoms with Crippen LogP contribution in [0.1, 0.15) is 13.3 Å². The maximum Gasteiger partial charge on any atom is 0.220 e. The van der Waals surface area contributed by atoms with Gasteiger partial charge in [-0.15, -0.1) is 11.6 Å². The van der Waals surface area contributed by atoms with E-state index in [0.29, 0.717) is 6.42 Å². The SMILES string of the molecule is CCC(=O)N[C@H]1CS(=O)(=O)C[C@@H]1Cl. The van der Waals surface area contributed by atoms with Gasteiger partial charge >= 0.3 is 0 Å². The number of halogens is 1. The second-order valence-corrected chi connectivity index (χ2v) is 5.83. The van der Waals surface area contributed by atoms with Crippen molar-refractivity contribution < 1.29 is 13.2 Å². The molecule has 1 aliphatic heterocycles. The molecule has 1 amide bonds. The summed E-state index contributed by atoms with van der Waals surface area (Å²) in [5, 5.41) is 2.10. The third kappa shape index (κ3) is 2.84. The molecule has 76 valence electrons. The van der Waals surface area contributed by atoms with Crippen molar-refractivity contribution in [3.8, 4) is 0 Å². The Balaban J connectivity index is 2.59. The Morgan fingerprint density at radius 2 is 2.15 bits per heavy atom. The number of hydrogen-bond donors (Lipinski definition) is 1. The van der Waals surface area contributed by atoms with Gasteiger partial charge in [-0.25, -0.2) is 8.42 Å². The molecule has 0 unspecified atom stereocenters. The summed E-state index contributed by atoms with van der Waals surface area (Å²) < 4.78 is 22.2. The summed E-state index contributed by atoms with van der Waals surface area (Å²) in [6.07, 6.45) is 0.347. The smallest absolute Gasteiger partial charge is 0.220 e. The van der Waals surface area contributed by atoms with E-state index < -0.39 is 21.3 Å². The average Bonchev–Trinajstić information content (AvgIpc) is 2.24. The first-order chi connectivity index (χ1) is 5.94. The van der Waals surface area contributed by atoms with Crippen LogP contribution >= 0.6 is 11.6 Å². The molecule has 0 bridgehead atoms. The standard InChI is InChI=1S/C7H12ClNO3S/c1-2-7(10)9-6-4-13(11,12)3-5(6)8/h5-6H,2-4H2,1H3,(H,9,10)/t5-,6-/m0/s1. The molecule has 0 saturated carbocycles. The molecule has 1 N–H and O–H groups in total. The van der Waals surface area contributed by atoms with E-state index in [9.17, 15) is 13.2 Å². The molecule has 0 aliphatic carbocycles. The van der Waals surface area contributed by atoms with E-state index in [1.165, 1.54) is 0 Å². The van der Waals surface area contributed by atoms with Crippen molar-refractivity contribution in [3.05, 3.63) is 0 Å². The van der Waals surface area contributed by atoms with Crippen LogP contribution in [0, 0.1) is 0 Å². The number of carbonyl (C=O) groups excluding carboxylic acids is 1. The molecule has 4 nitrogen and oxygen atoms in total. The summed E-state index contributed by atoms with van der Waals surface area (Å²) in [4.78, 5) is 11.0. The van der Waals surface area contributed by atoms with Crippen molar-refractivity contribution in [3.63, 3.8) is 0 Å². The van der Waals surface area contributed by atoms with E-state index in [4.69, 9.17) is 11.6 Å². The highest BCUT2D eigenvalue weighted by molar-refractivity contribution is 7.91. The Morgan fingerprint density at radius 3 is 2.54 bits per heavy atom. The van der Waals surface area contributed by atoms with Gasteiger partial charge in [-0.2, -0.15) is 0 Å². The molecule has 1 saturated heterocycles. The highest BCUT2D eigenvalue weighted by Gasteiger charge is 2.36. The van der Waals surface area contributed by atoms with Crippen molar-refractivity contribution >= 4 is 27.3 Å². The number of sulfone groups is 1. The first-order valence-electron chi connectivity index (χ1n) is 4.08. The number of amides is 1. The molecule has 1 fully saturated rings. The summed E-state index contributed by atoms with van der Waals surface area (Å²) in [7, 11) is -3.05. The van der Waals surface area contributed by atoms with Gasteiger partial charge in [-0.3, -0.25) is 4.79 Å².